The van der Waals surface area contributed by atoms with Gasteiger partial charge in [0.1, 0.15) is 10.0 Å². The van der Waals surface area contributed by atoms with Gasteiger partial charge in [-0.1, -0.05) is 30.0 Å². The van der Waals surface area contributed by atoms with E-state index >= 15 is 0 Å². The van der Waals surface area contributed by atoms with E-state index in [0.29, 0.717) is 5.75 Å². The predicted molar refractivity (Wildman–Crippen MR) is 68.8 cm³/mol. The Labute approximate surface area is 104 Å². The van der Waals surface area contributed by atoms with E-state index in [1.54, 1.807) is 12.3 Å². The molecule has 1 rings (SSSR count). The van der Waals surface area contributed by atoms with Crippen LogP contribution in [0, 0.1) is 0 Å². The highest BCUT2D eigenvalue weighted by atomic mass is 32.2. The van der Waals surface area contributed by atoms with Gasteiger partial charge in [0.25, 0.3) is 0 Å². The Morgan fingerprint density at radius 1 is 1.56 bits per heavy atom. The molecule has 16 heavy (non-hydrogen) atoms. The summed E-state index contributed by atoms with van der Waals surface area (Å²) in [5.41, 5.74) is 1.02. The van der Waals surface area contributed by atoms with E-state index < -0.39 is 5.97 Å². The van der Waals surface area contributed by atoms with Crippen LogP contribution in [0.2, 0.25) is 0 Å². The maximum atomic E-state index is 10.6. The zero-order valence-corrected chi connectivity index (χ0v) is 10.6. The van der Waals surface area contributed by atoms with Crippen molar-refractivity contribution in [3.05, 3.63) is 29.6 Å². The Balaban J connectivity index is 2.56. The van der Waals surface area contributed by atoms with Crippen LogP contribution in [0.1, 0.15) is 16.1 Å². The van der Waals surface area contributed by atoms with Crippen LogP contribution >= 0.6 is 24.0 Å². The average Bonchev–Trinajstić information content (AvgIpc) is 2.26. The molecule has 1 N–H and O–H groups in total. The molecule has 0 fully saturated rings. The summed E-state index contributed by atoms with van der Waals surface area (Å²) in [6, 6.07) is 3.25. The summed E-state index contributed by atoms with van der Waals surface area (Å²) in [5.74, 6) is -0.313. The third kappa shape index (κ3) is 3.79. The molecule has 0 aliphatic carbocycles. The van der Waals surface area contributed by atoms with Crippen LogP contribution in [-0.2, 0) is 5.75 Å². The Kier molecular flexibility index (Phi) is 4.70. The largest absolute Gasteiger partial charge is 0.477 e. The SMILES string of the molecule is CN(C)C(=S)SCc1ccc(C(=O)O)nc1. The number of thioether (sulfide) groups is 1. The number of carboxylic acids is 1. The van der Waals surface area contributed by atoms with E-state index in [-0.39, 0.29) is 5.69 Å². The predicted octanol–water partition coefficient (Wildman–Crippen LogP) is 1.86. The van der Waals surface area contributed by atoms with E-state index in [1.165, 1.54) is 17.8 Å². The Bertz CT molecular complexity index is 390. The van der Waals surface area contributed by atoms with Crippen molar-refractivity contribution in [2.45, 2.75) is 5.75 Å². The van der Waals surface area contributed by atoms with Gasteiger partial charge in [0.15, 0.2) is 0 Å². The third-order valence-corrected chi connectivity index (χ3v) is 3.58. The second kappa shape index (κ2) is 5.81. The van der Waals surface area contributed by atoms with Gasteiger partial charge in [-0.05, 0) is 11.6 Å². The molecule has 0 saturated carbocycles. The standard InChI is InChI=1S/C10H12N2O2S2/c1-12(2)10(15)16-6-7-3-4-8(9(13)14)11-5-7/h3-5H,6H2,1-2H3,(H,13,14). The number of aromatic carboxylic acids is 1. The van der Waals surface area contributed by atoms with Gasteiger partial charge in [-0.2, -0.15) is 0 Å². The van der Waals surface area contributed by atoms with Crippen molar-refractivity contribution in [1.29, 1.82) is 0 Å². The Morgan fingerprint density at radius 3 is 2.69 bits per heavy atom. The number of carbonyl (C=O) groups is 1. The molecule has 0 aliphatic rings. The lowest BCUT2D eigenvalue weighted by molar-refractivity contribution is 0.0690. The van der Waals surface area contributed by atoms with E-state index in [1.807, 2.05) is 19.0 Å². The minimum atomic E-state index is -1.01. The molecule has 0 aliphatic heterocycles. The highest BCUT2D eigenvalue weighted by molar-refractivity contribution is 8.22. The topological polar surface area (TPSA) is 53.4 Å². The molecule has 0 bridgehead atoms. The molecular weight excluding hydrogens is 244 g/mol. The van der Waals surface area contributed by atoms with Crippen LogP contribution in [0.4, 0.5) is 0 Å². The van der Waals surface area contributed by atoms with E-state index in [9.17, 15) is 4.79 Å². The summed E-state index contributed by atoms with van der Waals surface area (Å²) in [7, 11) is 3.78. The molecule has 0 spiro atoms. The van der Waals surface area contributed by atoms with E-state index in [2.05, 4.69) is 4.98 Å². The van der Waals surface area contributed by atoms with Crippen molar-refractivity contribution >= 4 is 34.3 Å². The van der Waals surface area contributed by atoms with E-state index in [4.69, 9.17) is 17.3 Å². The number of hydrogen-bond donors (Lipinski definition) is 1. The lowest BCUT2D eigenvalue weighted by atomic mass is 10.3. The average molecular weight is 256 g/mol. The first-order valence-electron chi connectivity index (χ1n) is 4.53. The smallest absolute Gasteiger partial charge is 0.354 e. The van der Waals surface area contributed by atoms with Gasteiger partial charge >= 0.3 is 5.97 Å². The summed E-state index contributed by atoms with van der Waals surface area (Å²) in [4.78, 5) is 16.3. The maximum absolute atomic E-state index is 10.6. The van der Waals surface area contributed by atoms with Gasteiger partial charge in [0.2, 0.25) is 0 Å². The van der Waals surface area contributed by atoms with Crippen molar-refractivity contribution in [3.8, 4) is 0 Å². The molecule has 0 atom stereocenters. The minimum absolute atomic E-state index is 0.0592. The summed E-state index contributed by atoms with van der Waals surface area (Å²) in [6.07, 6.45) is 1.56. The summed E-state index contributed by atoms with van der Waals surface area (Å²) in [5, 5.41) is 8.67. The number of nitrogens with zero attached hydrogens (tertiary/aromatic N) is 2. The van der Waals surface area contributed by atoms with Gasteiger partial charge in [-0.25, -0.2) is 9.78 Å². The second-order valence-corrected chi connectivity index (χ2v) is 4.92. The minimum Gasteiger partial charge on any atom is -0.477 e. The van der Waals surface area contributed by atoms with Gasteiger partial charge in [0, 0.05) is 26.0 Å². The lowest BCUT2D eigenvalue weighted by Crippen LogP contribution is -2.16. The molecule has 86 valence electrons. The van der Waals surface area contributed by atoms with Crippen LogP contribution in [0.25, 0.3) is 0 Å². The molecule has 0 radical (unpaired) electrons. The van der Waals surface area contributed by atoms with Crippen molar-refractivity contribution in [1.82, 2.24) is 9.88 Å². The normalized spacial score (nSPS) is 9.88. The van der Waals surface area contributed by atoms with Crippen LogP contribution in [-0.4, -0.2) is 39.4 Å². The zero-order chi connectivity index (χ0) is 12.1. The zero-order valence-electron chi connectivity index (χ0n) is 9.01. The first-order chi connectivity index (χ1) is 7.50. The number of hydrogen-bond acceptors (Lipinski definition) is 4. The molecule has 1 aromatic rings. The molecule has 1 aromatic heterocycles. The fourth-order valence-electron chi connectivity index (χ4n) is 0.911. The Morgan fingerprint density at radius 2 is 2.25 bits per heavy atom. The number of aromatic nitrogens is 1. The maximum Gasteiger partial charge on any atom is 0.354 e. The monoisotopic (exact) mass is 256 g/mol. The Hall–Kier alpha value is -1.14. The number of carboxylic acid groups (broad SMARTS) is 1. The molecular formula is C10H12N2O2S2. The highest BCUT2D eigenvalue weighted by Crippen LogP contribution is 2.14. The van der Waals surface area contributed by atoms with Gasteiger partial charge in [-0.3, -0.25) is 0 Å². The number of rotatable bonds is 3. The van der Waals surface area contributed by atoms with E-state index in [0.717, 1.165) is 9.88 Å². The number of pyridine rings is 1. The molecule has 1 heterocycles. The van der Waals surface area contributed by atoms with Gasteiger partial charge in [0.05, 0.1) is 0 Å². The first kappa shape index (κ1) is 12.9. The summed E-state index contributed by atoms with van der Waals surface area (Å²) < 4.78 is 0.794. The van der Waals surface area contributed by atoms with Crippen molar-refractivity contribution < 1.29 is 9.90 Å². The molecule has 0 aromatic carbocycles. The van der Waals surface area contributed by atoms with Crippen LogP contribution in [0.15, 0.2) is 18.3 Å². The fraction of sp³-hybridized carbons (Fsp3) is 0.300. The quantitative estimate of drug-likeness (QED) is 0.833. The molecule has 6 heteroatoms. The number of thiocarbonyl (C=S) groups is 1. The van der Waals surface area contributed by atoms with Crippen LogP contribution < -0.4 is 0 Å². The molecule has 0 saturated heterocycles. The second-order valence-electron chi connectivity index (χ2n) is 3.31. The molecule has 4 nitrogen and oxygen atoms in total. The lowest BCUT2D eigenvalue weighted by Gasteiger charge is -2.12. The van der Waals surface area contributed by atoms with Gasteiger partial charge in [-0.15, -0.1) is 0 Å². The third-order valence-electron chi connectivity index (χ3n) is 1.77. The summed E-state index contributed by atoms with van der Waals surface area (Å²) in [6.45, 7) is 0. The van der Waals surface area contributed by atoms with Gasteiger partial charge < -0.3 is 10.0 Å². The first-order valence-corrected chi connectivity index (χ1v) is 5.92. The van der Waals surface area contributed by atoms with Crippen LogP contribution in [0.3, 0.4) is 0 Å². The van der Waals surface area contributed by atoms with Crippen molar-refractivity contribution in [2.75, 3.05) is 14.1 Å². The van der Waals surface area contributed by atoms with Crippen molar-refractivity contribution in [3.63, 3.8) is 0 Å². The van der Waals surface area contributed by atoms with Crippen LogP contribution in [0.5, 0.6) is 0 Å². The van der Waals surface area contributed by atoms with Crippen molar-refractivity contribution in [2.24, 2.45) is 0 Å². The molecule has 0 amide bonds. The summed E-state index contributed by atoms with van der Waals surface area (Å²) >= 11 is 6.64. The molecule has 0 unspecified atom stereocenters. The fourth-order valence-corrected chi connectivity index (χ4v) is 1.81. The highest BCUT2D eigenvalue weighted by Gasteiger charge is 2.05.